The van der Waals surface area contributed by atoms with E-state index in [0.29, 0.717) is 11.6 Å². The molecule has 0 aliphatic rings. The number of nitrogens with one attached hydrogen (secondary N) is 2. The van der Waals surface area contributed by atoms with E-state index < -0.39 is 20.0 Å². The lowest BCUT2D eigenvalue weighted by Gasteiger charge is -2.15. The van der Waals surface area contributed by atoms with Crippen molar-refractivity contribution < 1.29 is 21.6 Å². The molecule has 0 aliphatic carbocycles. The van der Waals surface area contributed by atoms with Gasteiger partial charge >= 0.3 is 0 Å². The van der Waals surface area contributed by atoms with Gasteiger partial charge in [-0.15, -0.1) is 0 Å². The molecule has 0 aromatic heterocycles. The first kappa shape index (κ1) is 25.1. The highest BCUT2D eigenvalue weighted by atomic mass is 79.9. The first-order chi connectivity index (χ1) is 15.6. The van der Waals surface area contributed by atoms with Crippen LogP contribution < -0.4 is 14.2 Å². The minimum atomic E-state index is -3.97. The molecule has 176 valence electrons. The molecule has 0 radical (unpaired) electrons. The fraction of sp³-hybridized carbons (Fsp3) is 0.217. The Hall–Kier alpha value is -2.56. The molecular weight excluding hydrogens is 528 g/mol. The molecule has 7 nitrogen and oxygen atoms in total. The highest BCUT2D eigenvalue weighted by Gasteiger charge is 2.21. The summed E-state index contributed by atoms with van der Waals surface area (Å²) in [5, 5.41) is 0. The van der Waals surface area contributed by atoms with Crippen LogP contribution in [0.15, 0.2) is 81.0 Å². The molecule has 0 bridgehead atoms. The second-order valence-electron chi connectivity index (χ2n) is 7.46. The van der Waals surface area contributed by atoms with Gasteiger partial charge in [0.2, 0.25) is 0 Å². The fourth-order valence-electron chi connectivity index (χ4n) is 3.08. The molecule has 33 heavy (non-hydrogen) atoms. The van der Waals surface area contributed by atoms with E-state index in [4.69, 9.17) is 4.74 Å². The van der Waals surface area contributed by atoms with E-state index in [1.807, 2.05) is 0 Å². The number of hydrogen-bond donors (Lipinski definition) is 2. The summed E-state index contributed by atoms with van der Waals surface area (Å²) >= 11 is 3.30. The van der Waals surface area contributed by atoms with Crippen molar-refractivity contribution in [3.05, 3.63) is 76.8 Å². The number of hydrogen-bond acceptors (Lipinski definition) is 5. The minimum absolute atomic E-state index is 0.0159. The topological polar surface area (TPSA) is 102 Å². The van der Waals surface area contributed by atoms with Crippen LogP contribution in [-0.4, -0.2) is 23.9 Å². The van der Waals surface area contributed by atoms with E-state index in [2.05, 4.69) is 39.2 Å². The first-order valence-electron chi connectivity index (χ1n) is 10.1. The Morgan fingerprint density at radius 1 is 0.848 bits per heavy atom. The molecule has 0 saturated carbocycles. The van der Waals surface area contributed by atoms with Crippen molar-refractivity contribution in [3.8, 4) is 5.75 Å². The van der Waals surface area contributed by atoms with E-state index in [0.717, 1.165) is 16.5 Å². The zero-order valence-electron chi connectivity index (χ0n) is 18.4. The molecule has 0 saturated heterocycles. The van der Waals surface area contributed by atoms with Gasteiger partial charge in [-0.25, -0.2) is 16.8 Å². The molecule has 0 aliphatic heterocycles. The van der Waals surface area contributed by atoms with Crippen molar-refractivity contribution in [1.82, 2.24) is 0 Å². The number of rotatable bonds is 9. The lowest BCUT2D eigenvalue weighted by Crippen LogP contribution is -2.16. The van der Waals surface area contributed by atoms with Crippen molar-refractivity contribution in [2.24, 2.45) is 0 Å². The van der Waals surface area contributed by atoms with Crippen LogP contribution in [0.1, 0.15) is 31.7 Å². The molecule has 2 N–H and O–H groups in total. The summed E-state index contributed by atoms with van der Waals surface area (Å²) in [5.41, 5.74) is 1.43. The maximum absolute atomic E-state index is 13.0. The van der Waals surface area contributed by atoms with Crippen LogP contribution in [0.3, 0.4) is 0 Å². The van der Waals surface area contributed by atoms with E-state index in [1.54, 1.807) is 36.4 Å². The van der Waals surface area contributed by atoms with Crippen LogP contribution in [0.5, 0.6) is 5.75 Å². The van der Waals surface area contributed by atoms with Gasteiger partial charge in [0.15, 0.2) is 0 Å². The van der Waals surface area contributed by atoms with Crippen molar-refractivity contribution in [2.75, 3.05) is 16.6 Å². The molecule has 1 atom stereocenters. The summed E-state index contributed by atoms with van der Waals surface area (Å²) in [5.74, 6) is 0.507. The predicted molar refractivity (Wildman–Crippen MR) is 134 cm³/mol. The minimum Gasteiger partial charge on any atom is -0.495 e. The number of benzene rings is 3. The van der Waals surface area contributed by atoms with Gasteiger partial charge in [0.1, 0.15) is 5.75 Å². The summed E-state index contributed by atoms with van der Waals surface area (Å²) in [4.78, 5) is -0.0473. The summed E-state index contributed by atoms with van der Waals surface area (Å²) in [6.45, 7) is 4.14. The third-order valence-electron chi connectivity index (χ3n) is 5.19. The molecule has 10 heteroatoms. The van der Waals surface area contributed by atoms with Gasteiger partial charge in [-0.3, -0.25) is 9.44 Å². The molecule has 0 spiro atoms. The van der Waals surface area contributed by atoms with Gasteiger partial charge in [-0.1, -0.05) is 41.9 Å². The van der Waals surface area contributed by atoms with E-state index >= 15 is 0 Å². The molecule has 0 heterocycles. The number of anilines is 2. The molecule has 3 aromatic rings. The fourth-order valence-corrected chi connectivity index (χ4v) is 5.49. The maximum atomic E-state index is 13.0. The quantitative estimate of drug-likeness (QED) is 0.361. The Labute approximate surface area is 203 Å². The predicted octanol–water partition coefficient (Wildman–Crippen LogP) is 5.57. The Morgan fingerprint density at radius 2 is 1.42 bits per heavy atom. The average Bonchev–Trinajstić information content (AvgIpc) is 2.79. The largest absolute Gasteiger partial charge is 0.495 e. The van der Waals surface area contributed by atoms with Gasteiger partial charge in [0, 0.05) is 10.2 Å². The lowest BCUT2D eigenvalue weighted by molar-refractivity contribution is 0.416. The Kier molecular flexibility index (Phi) is 7.71. The van der Waals surface area contributed by atoms with Crippen LogP contribution in [0, 0.1) is 0 Å². The van der Waals surface area contributed by atoms with Crippen LogP contribution in [0.2, 0.25) is 0 Å². The summed E-state index contributed by atoms with van der Waals surface area (Å²) < 4.78 is 62.6. The SMILES string of the molecule is CC[C@H](C)c1ccc(S(=O)(=O)Nc2cc(S(=O)(=O)Nc3ccc(Br)cc3)ccc2OC)cc1. The number of sulfonamides is 2. The van der Waals surface area contributed by atoms with Crippen molar-refractivity contribution in [2.45, 2.75) is 36.0 Å². The van der Waals surface area contributed by atoms with Gasteiger partial charge in [-0.2, -0.15) is 0 Å². The lowest BCUT2D eigenvalue weighted by atomic mass is 9.99. The molecule has 3 rings (SSSR count). The number of ether oxygens (including phenoxy) is 1. The Morgan fingerprint density at radius 3 is 2.00 bits per heavy atom. The Balaban J connectivity index is 1.91. The van der Waals surface area contributed by atoms with Gasteiger partial charge in [0.05, 0.1) is 22.6 Å². The van der Waals surface area contributed by atoms with Gasteiger partial charge in [0.25, 0.3) is 20.0 Å². The maximum Gasteiger partial charge on any atom is 0.262 e. The van der Waals surface area contributed by atoms with Gasteiger partial charge in [-0.05, 0) is 72.5 Å². The Bertz CT molecular complexity index is 1320. The second-order valence-corrected chi connectivity index (χ2v) is 11.7. The monoisotopic (exact) mass is 552 g/mol. The van der Waals surface area contributed by atoms with Crippen LogP contribution in [0.4, 0.5) is 11.4 Å². The molecule has 0 amide bonds. The number of methoxy groups -OCH3 is 1. The summed E-state index contributed by atoms with van der Waals surface area (Å²) in [7, 11) is -6.56. The molecule has 3 aromatic carbocycles. The van der Waals surface area contributed by atoms with E-state index in [9.17, 15) is 16.8 Å². The molecule has 0 unspecified atom stereocenters. The summed E-state index contributed by atoms with van der Waals surface area (Å²) in [6.07, 6.45) is 0.942. The van der Waals surface area contributed by atoms with Crippen molar-refractivity contribution in [3.63, 3.8) is 0 Å². The zero-order chi connectivity index (χ0) is 24.2. The highest BCUT2D eigenvalue weighted by Crippen LogP contribution is 2.31. The summed E-state index contributed by atoms with van der Waals surface area (Å²) in [6, 6.07) is 17.2. The smallest absolute Gasteiger partial charge is 0.262 e. The average molecular weight is 554 g/mol. The van der Waals surface area contributed by atoms with Crippen molar-refractivity contribution in [1.29, 1.82) is 0 Å². The second kappa shape index (κ2) is 10.1. The van der Waals surface area contributed by atoms with E-state index in [-0.39, 0.29) is 21.2 Å². The third kappa shape index (κ3) is 6.07. The molecular formula is C23H25BrN2O5S2. The standard InChI is InChI=1S/C23H25BrN2O5S2/c1-4-16(2)17-5-11-20(12-6-17)32(27,28)26-22-15-21(13-14-23(22)31-3)33(29,30)25-19-9-7-18(24)8-10-19/h5-16,25-26H,4H2,1-3H3/t16-/m0/s1. The third-order valence-corrected chi connectivity index (χ3v) is 8.48. The van der Waals surface area contributed by atoms with E-state index in [1.165, 1.54) is 37.4 Å². The van der Waals surface area contributed by atoms with Crippen LogP contribution in [0.25, 0.3) is 0 Å². The van der Waals surface area contributed by atoms with Gasteiger partial charge < -0.3 is 4.74 Å². The normalized spacial score (nSPS) is 12.7. The molecule has 0 fully saturated rings. The highest BCUT2D eigenvalue weighted by molar-refractivity contribution is 9.10. The number of halogens is 1. The first-order valence-corrected chi connectivity index (χ1v) is 13.9. The zero-order valence-corrected chi connectivity index (χ0v) is 21.6. The van der Waals surface area contributed by atoms with Crippen LogP contribution >= 0.6 is 15.9 Å². The van der Waals surface area contributed by atoms with Crippen LogP contribution in [-0.2, 0) is 20.0 Å². The van der Waals surface area contributed by atoms with Crippen molar-refractivity contribution >= 4 is 47.4 Å².